The molecule has 116 valence electrons. The van der Waals surface area contributed by atoms with Crippen LogP contribution in [0.1, 0.15) is 32.1 Å². The normalized spacial score (nSPS) is 39.7. The third-order valence-electron chi connectivity index (χ3n) is 6.36. The van der Waals surface area contributed by atoms with E-state index in [0.717, 1.165) is 33.8 Å². The topological polar surface area (TPSA) is 48.9 Å². The Morgan fingerprint density at radius 2 is 1.77 bits per heavy atom. The lowest BCUT2D eigenvalue weighted by atomic mass is 9.50. The van der Waals surface area contributed by atoms with Gasteiger partial charge in [-0.2, -0.15) is 0 Å². The highest BCUT2D eigenvalue weighted by Gasteiger charge is 2.56. The van der Waals surface area contributed by atoms with Crippen LogP contribution >= 0.6 is 11.8 Å². The fourth-order valence-electron chi connectivity index (χ4n) is 5.42. The maximum Gasteiger partial charge on any atom is 0.166 e. The second kappa shape index (κ2) is 4.75. The molecule has 2 aromatic rings. The Labute approximate surface area is 134 Å². The minimum Gasteiger partial charge on any atom is -0.388 e. The molecule has 4 fully saturated rings. The average Bonchev–Trinajstić information content (AvgIpc) is 2.93. The minimum atomic E-state index is -0.461. The van der Waals surface area contributed by atoms with Gasteiger partial charge in [0.25, 0.3) is 0 Å². The number of hydrogen-bond acceptors (Lipinski definition) is 3. The van der Waals surface area contributed by atoms with Gasteiger partial charge in [0, 0.05) is 5.75 Å². The predicted molar refractivity (Wildman–Crippen MR) is 88.8 cm³/mol. The zero-order valence-electron chi connectivity index (χ0n) is 12.7. The molecule has 6 rings (SSSR count). The van der Waals surface area contributed by atoms with Gasteiger partial charge in [-0.25, -0.2) is 4.98 Å². The van der Waals surface area contributed by atoms with E-state index < -0.39 is 5.60 Å². The molecule has 1 aromatic carbocycles. The summed E-state index contributed by atoms with van der Waals surface area (Å²) in [6.45, 7) is 0. The Kier molecular flexibility index (Phi) is 2.90. The number of nitrogens with zero attached hydrogens (tertiary/aromatic N) is 1. The number of H-pyrrole nitrogens is 1. The molecular formula is C18H22N2OS. The fourth-order valence-corrected chi connectivity index (χ4v) is 6.60. The Bertz CT molecular complexity index is 649. The number of para-hydroxylation sites is 2. The van der Waals surface area contributed by atoms with Crippen molar-refractivity contribution < 1.29 is 5.11 Å². The van der Waals surface area contributed by atoms with Gasteiger partial charge in [0.2, 0.25) is 0 Å². The Balaban J connectivity index is 1.37. The van der Waals surface area contributed by atoms with E-state index in [1.807, 2.05) is 18.2 Å². The van der Waals surface area contributed by atoms with E-state index in [1.165, 1.54) is 32.1 Å². The number of aromatic nitrogens is 2. The predicted octanol–water partition coefficient (Wildman–Crippen LogP) is 3.84. The second-order valence-electron chi connectivity index (χ2n) is 7.64. The van der Waals surface area contributed by atoms with Gasteiger partial charge in [-0.05, 0) is 67.9 Å². The van der Waals surface area contributed by atoms with Crippen LogP contribution in [0.3, 0.4) is 0 Å². The number of hydrogen-bond donors (Lipinski definition) is 2. The molecule has 0 spiro atoms. The van der Waals surface area contributed by atoms with Crippen molar-refractivity contribution in [2.75, 3.05) is 5.75 Å². The summed E-state index contributed by atoms with van der Waals surface area (Å²) in [6.07, 6.45) is 6.45. The van der Waals surface area contributed by atoms with Crippen molar-refractivity contribution in [3.05, 3.63) is 24.3 Å². The molecule has 0 unspecified atom stereocenters. The maximum atomic E-state index is 11.4. The molecule has 0 amide bonds. The SMILES string of the molecule is OC1(CSc2nc3ccccc3[nH]2)C2CC3CC(C2)CC1C3. The van der Waals surface area contributed by atoms with Crippen LogP contribution in [0.2, 0.25) is 0 Å². The highest BCUT2D eigenvalue weighted by atomic mass is 32.2. The molecule has 4 bridgehead atoms. The summed E-state index contributed by atoms with van der Waals surface area (Å²) in [6, 6.07) is 8.14. The van der Waals surface area contributed by atoms with Crippen LogP contribution in [-0.4, -0.2) is 26.4 Å². The van der Waals surface area contributed by atoms with E-state index in [2.05, 4.69) is 16.0 Å². The number of rotatable bonds is 3. The summed E-state index contributed by atoms with van der Waals surface area (Å²) in [5.74, 6) is 3.65. The van der Waals surface area contributed by atoms with Gasteiger partial charge in [-0.3, -0.25) is 0 Å². The molecule has 0 radical (unpaired) electrons. The lowest BCUT2D eigenvalue weighted by Gasteiger charge is -2.58. The molecule has 4 saturated carbocycles. The van der Waals surface area contributed by atoms with Gasteiger partial charge in [0.15, 0.2) is 5.16 Å². The summed E-state index contributed by atoms with van der Waals surface area (Å²) >= 11 is 1.71. The molecule has 0 atom stereocenters. The molecule has 22 heavy (non-hydrogen) atoms. The molecule has 4 aliphatic carbocycles. The van der Waals surface area contributed by atoms with Gasteiger partial charge < -0.3 is 10.1 Å². The van der Waals surface area contributed by atoms with Gasteiger partial charge in [-0.1, -0.05) is 23.9 Å². The second-order valence-corrected chi connectivity index (χ2v) is 8.61. The number of thioether (sulfide) groups is 1. The van der Waals surface area contributed by atoms with Crippen LogP contribution in [0.5, 0.6) is 0 Å². The van der Waals surface area contributed by atoms with Crippen LogP contribution in [0.4, 0.5) is 0 Å². The number of fused-ring (bicyclic) bond motifs is 1. The van der Waals surface area contributed by atoms with E-state index in [0.29, 0.717) is 11.8 Å². The summed E-state index contributed by atoms with van der Waals surface area (Å²) in [5, 5.41) is 12.3. The van der Waals surface area contributed by atoms with Crippen molar-refractivity contribution in [1.29, 1.82) is 0 Å². The fraction of sp³-hybridized carbons (Fsp3) is 0.611. The molecule has 2 N–H and O–H groups in total. The smallest absolute Gasteiger partial charge is 0.166 e. The van der Waals surface area contributed by atoms with Gasteiger partial charge >= 0.3 is 0 Å². The van der Waals surface area contributed by atoms with Gasteiger partial charge in [0.05, 0.1) is 16.6 Å². The molecule has 4 aliphatic rings. The van der Waals surface area contributed by atoms with Crippen molar-refractivity contribution in [3.63, 3.8) is 0 Å². The molecule has 1 aromatic heterocycles. The quantitative estimate of drug-likeness (QED) is 0.846. The summed E-state index contributed by atoms with van der Waals surface area (Å²) in [7, 11) is 0. The number of benzene rings is 1. The largest absolute Gasteiger partial charge is 0.388 e. The average molecular weight is 314 g/mol. The Hall–Kier alpha value is -1.00. The number of aromatic amines is 1. The van der Waals surface area contributed by atoms with Crippen LogP contribution in [0.15, 0.2) is 29.4 Å². The van der Waals surface area contributed by atoms with E-state index in [1.54, 1.807) is 11.8 Å². The molecule has 0 saturated heterocycles. The Morgan fingerprint density at radius 1 is 1.09 bits per heavy atom. The van der Waals surface area contributed by atoms with Crippen LogP contribution in [0.25, 0.3) is 11.0 Å². The van der Waals surface area contributed by atoms with E-state index in [-0.39, 0.29) is 0 Å². The van der Waals surface area contributed by atoms with E-state index in [9.17, 15) is 5.11 Å². The number of aliphatic hydroxyl groups is 1. The third-order valence-corrected chi connectivity index (χ3v) is 7.43. The van der Waals surface area contributed by atoms with Gasteiger partial charge in [0.1, 0.15) is 0 Å². The lowest BCUT2D eigenvalue weighted by molar-refractivity contribution is -0.158. The number of imidazole rings is 1. The first-order valence-electron chi connectivity index (χ1n) is 8.50. The molecule has 1 heterocycles. The lowest BCUT2D eigenvalue weighted by Crippen LogP contribution is -2.59. The third kappa shape index (κ3) is 1.96. The molecular weight excluding hydrogens is 292 g/mol. The van der Waals surface area contributed by atoms with Gasteiger partial charge in [-0.15, -0.1) is 0 Å². The summed E-state index contributed by atoms with van der Waals surface area (Å²) < 4.78 is 0. The first-order valence-corrected chi connectivity index (χ1v) is 9.49. The molecule has 0 aliphatic heterocycles. The van der Waals surface area contributed by atoms with Crippen LogP contribution < -0.4 is 0 Å². The maximum absolute atomic E-state index is 11.4. The first-order chi connectivity index (χ1) is 10.7. The number of nitrogens with one attached hydrogen (secondary N) is 1. The van der Waals surface area contributed by atoms with Crippen molar-refractivity contribution in [3.8, 4) is 0 Å². The van der Waals surface area contributed by atoms with Crippen molar-refractivity contribution in [2.24, 2.45) is 23.7 Å². The standard InChI is InChI=1S/C18H22N2OS/c21-18(13-6-11-5-12(8-13)9-14(18)7-11)10-22-17-19-15-3-1-2-4-16(15)20-17/h1-4,11-14,21H,5-10H2,(H,19,20). The summed E-state index contributed by atoms with van der Waals surface area (Å²) in [5.41, 5.74) is 1.64. The monoisotopic (exact) mass is 314 g/mol. The molecule has 3 nitrogen and oxygen atoms in total. The zero-order chi connectivity index (χ0) is 14.7. The van der Waals surface area contributed by atoms with E-state index >= 15 is 0 Å². The Morgan fingerprint density at radius 3 is 2.45 bits per heavy atom. The minimum absolute atomic E-state index is 0.461. The highest BCUT2D eigenvalue weighted by molar-refractivity contribution is 7.99. The van der Waals surface area contributed by atoms with Crippen LogP contribution in [-0.2, 0) is 0 Å². The van der Waals surface area contributed by atoms with Crippen molar-refractivity contribution >= 4 is 22.8 Å². The highest BCUT2D eigenvalue weighted by Crippen LogP contribution is 2.59. The van der Waals surface area contributed by atoms with Crippen LogP contribution in [0, 0.1) is 23.7 Å². The summed E-state index contributed by atoms with van der Waals surface area (Å²) in [4.78, 5) is 8.02. The van der Waals surface area contributed by atoms with E-state index in [4.69, 9.17) is 0 Å². The van der Waals surface area contributed by atoms with Crippen molar-refractivity contribution in [1.82, 2.24) is 9.97 Å². The van der Waals surface area contributed by atoms with Crippen molar-refractivity contribution in [2.45, 2.75) is 42.9 Å². The molecule has 4 heteroatoms. The zero-order valence-corrected chi connectivity index (χ0v) is 13.5. The first kappa shape index (κ1) is 13.4.